The molecule has 0 aliphatic carbocycles. The number of H-pyrrole nitrogens is 1. The van der Waals surface area contributed by atoms with Gasteiger partial charge in [-0.1, -0.05) is 71.7 Å². The van der Waals surface area contributed by atoms with E-state index in [0.29, 0.717) is 45.9 Å². The highest BCUT2D eigenvalue weighted by Gasteiger charge is 2.30. The number of hydrogen-bond donors (Lipinski definition) is 4. The van der Waals surface area contributed by atoms with Crippen molar-refractivity contribution < 1.29 is 9.59 Å². The molecular formula is C41H40Cl2N8O2. The molecule has 2 amide bonds. The van der Waals surface area contributed by atoms with E-state index in [-0.39, 0.29) is 29.9 Å². The normalized spacial score (nSPS) is 16.9. The molecule has 8 rings (SSSR count). The van der Waals surface area contributed by atoms with E-state index < -0.39 is 0 Å². The van der Waals surface area contributed by atoms with Gasteiger partial charge in [0.2, 0.25) is 5.91 Å². The fourth-order valence-corrected chi connectivity index (χ4v) is 7.87. The van der Waals surface area contributed by atoms with Gasteiger partial charge in [-0.25, -0.2) is 9.97 Å². The Kier molecular flexibility index (Phi) is 9.92. The molecule has 2 atom stereocenters. The highest BCUT2D eigenvalue weighted by Crippen LogP contribution is 2.42. The number of aromatic amines is 1. The van der Waals surface area contributed by atoms with Crippen molar-refractivity contribution in [2.75, 3.05) is 29.9 Å². The van der Waals surface area contributed by atoms with Crippen molar-refractivity contribution in [1.29, 1.82) is 0 Å². The molecule has 53 heavy (non-hydrogen) atoms. The number of nitrogens with zero attached hydrogens (tertiary/aromatic N) is 4. The number of aromatic nitrogens is 4. The van der Waals surface area contributed by atoms with Gasteiger partial charge in [-0.2, -0.15) is 0 Å². The second-order valence-corrected chi connectivity index (χ2v) is 14.6. The number of nitrogens with one attached hydrogen (secondary N) is 4. The summed E-state index contributed by atoms with van der Waals surface area (Å²) in [6.07, 6.45) is 7.05. The van der Waals surface area contributed by atoms with E-state index in [4.69, 9.17) is 33.2 Å². The van der Waals surface area contributed by atoms with Crippen molar-refractivity contribution in [2.24, 2.45) is 0 Å². The first-order valence-electron chi connectivity index (χ1n) is 18.1. The number of amides is 2. The van der Waals surface area contributed by atoms with Crippen LogP contribution in [-0.4, -0.2) is 63.1 Å². The molecular weight excluding hydrogens is 707 g/mol. The van der Waals surface area contributed by atoms with Gasteiger partial charge in [0.05, 0.1) is 35.5 Å². The van der Waals surface area contributed by atoms with Gasteiger partial charge in [0.25, 0.3) is 5.91 Å². The summed E-state index contributed by atoms with van der Waals surface area (Å²) in [6.45, 7) is 4.39. The van der Waals surface area contributed by atoms with Crippen LogP contribution >= 0.6 is 23.2 Å². The second kappa shape index (κ2) is 15.1. The lowest BCUT2D eigenvalue weighted by atomic mass is 9.99. The molecule has 6 aromatic rings. The van der Waals surface area contributed by atoms with Gasteiger partial charge in [-0.05, 0) is 81.1 Å². The number of carbonyl (C=O) groups is 2. The maximum absolute atomic E-state index is 14.6. The summed E-state index contributed by atoms with van der Waals surface area (Å²) >= 11 is 12.8. The predicted octanol–water partition coefficient (Wildman–Crippen LogP) is 8.10. The predicted molar refractivity (Wildman–Crippen MR) is 212 cm³/mol. The Hall–Kier alpha value is -5.16. The van der Waals surface area contributed by atoms with Crippen LogP contribution in [0.4, 0.5) is 11.5 Å². The van der Waals surface area contributed by atoms with E-state index >= 15 is 0 Å². The van der Waals surface area contributed by atoms with Crippen molar-refractivity contribution >= 4 is 57.4 Å². The van der Waals surface area contributed by atoms with Crippen LogP contribution in [0.3, 0.4) is 0 Å². The van der Waals surface area contributed by atoms with E-state index in [0.717, 1.165) is 65.6 Å². The zero-order chi connectivity index (χ0) is 36.5. The van der Waals surface area contributed by atoms with E-state index in [9.17, 15) is 9.59 Å². The molecule has 0 radical (unpaired) electrons. The summed E-state index contributed by atoms with van der Waals surface area (Å²) in [5, 5.41) is 11.8. The summed E-state index contributed by atoms with van der Waals surface area (Å²) in [5.74, 6) is 0.454. The number of halogens is 2. The zero-order valence-electron chi connectivity index (χ0n) is 29.3. The van der Waals surface area contributed by atoms with Crippen LogP contribution in [0, 0.1) is 0 Å². The molecule has 3 aromatic heterocycles. The molecule has 2 fully saturated rings. The smallest absolute Gasteiger partial charge is 0.272 e. The van der Waals surface area contributed by atoms with Gasteiger partial charge < -0.3 is 30.4 Å². The van der Waals surface area contributed by atoms with E-state index in [1.54, 1.807) is 6.20 Å². The van der Waals surface area contributed by atoms with Crippen molar-refractivity contribution in [2.45, 2.75) is 50.7 Å². The molecule has 0 spiro atoms. The average molecular weight is 748 g/mol. The lowest BCUT2D eigenvalue weighted by Crippen LogP contribution is -2.49. The van der Waals surface area contributed by atoms with Gasteiger partial charge in [0.1, 0.15) is 5.69 Å². The fraction of sp³-hybridized carbons (Fsp3) is 0.268. The summed E-state index contributed by atoms with van der Waals surface area (Å²) in [4.78, 5) is 42.6. The standard InChI is InChI=1S/C41H40Cl2N8O2/c1-25(26-11-13-28(42)14-12-26)51-24-46-36(27-7-3-2-4-8-27)38(51)35-31-16-15-29(43)23-34(31)48-37(35)41(53)49-32-9-5-20-45-39(32)50-21-17-30(18-22-50)47-40(52)33-10-6-19-44-33/h2-5,7-9,11-16,20,23-25,30,33,44,48H,6,10,17-19,21-22H2,1H3,(H,47,52)(H,49,53)/t25?,33-/m0/s1. The Morgan fingerprint density at radius 1 is 0.906 bits per heavy atom. The Labute approximate surface area is 317 Å². The molecule has 270 valence electrons. The number of pyridine rings is 1. The molecule has 1 unspecified atom stereocenters. The first kappa shape index (κ1) is 34.9. The van der Waals surface area contributed by atoms with Crippen molar-refractivity contribution in [3.05, 3.63) is 119 Å². The Bertz CT molecular complexity index is 2260. The van der Waals surface area contributed by atoms with Gasteiger partial charge in [0.15, 0.2) is 5.82 Å². The Morgan fingerprint density at radius 2 is 1.68 bits per heavy atom. The van der Waals surface area contributed by atoms with Crippen molar-refractivity contribution in [3.63, 3.8) is 0 Å². The van der Waals surface area contributed by atoms with Gasteiger partial charge in [-0.15, -0.1) is 0 Å². The maximum atomic E-state index is 14.6. The van der Waals surface area contributed by atoms with Crippen LogP contribution in [0.5, 0.6) is 0 Å². The monoisotopic (exact) mass is 746 g/mol. The molecule has 3 aromatic carbocycles. The summed E-state index contributed by atoms with van der Waals surface area (Å²) < 4.78 is 2.11. The number of fused-ring (bicyclic) bond motifs is 1. The highest BCUT2D eigenvalue weighted by atomic mass is 35.5. The topological polar surface area (TPSA) is 120 Å². The van der Waals surface area contributed by atoms with Gasteiger partial charge in [0, 0.05) is 57.4 Å². The average Bonchev–Trinajstić information content (AvgIpc) is 3.95. The van der Waals surface area contributed by atoms with Gasteiger partial charge >= 0.3 is 0 Å². The third kappa shape index (κ3) is 7.14. The van der Waals surface area contributed by atoms with Crippen molar-refractivity contribution in [1.82, 2.24) is 30.2 Å². The van der Waals surface area contributed by atoms with Crippen molar-refractivity contribution in [3.8, 4) is 22.5 Å². The third-order valence-corrected chi connectivity index (χ3v) is 10.9. The van der Waals surface area contributed by atoms with Crippen LogP contribution in [0.25, 0.3) is 33.4 Å². The second-order valence-electron chi connectivity index (χ2n) is 13.8. The van der Waals surface area contributed by atoms with E-state index in [1.807, 2.05) is 91.3 Å². The third-order valence-electron chi connectivity index (χ3n) is 10.4. The summed E-state index contributed by atoms with van der Waals surface area (Å²) in [7, 11) is 0. The van der Waals surface area contributed by atoms with E-state index in [1.165, 1.54) is 0 Å². The first-order chi connectivity index (χ1) is 25.8. The molecule has 0 bridgehead atoms. The quantitative estimate of drug-likeness (QED) is 0.119. The summed E-state index contributed by atoms with van der Waals surface area (Å²) in [5.41, 5.74) is 5.92. The van der Waals surface area contributed by atoms with Crippen LogP contribution in [0.1, 0.15) is 54.7 Å². The van der Waals surface area contributed by atoms with Crippen LogP contribution in [0.15, 0.2) is 97.5 Å². The minimum absolute atomic E-state index is 0.0847. The highest BCUT2D eigenvalue weighted by molar-refractivity contribution is 6.31. The van der Waals surface area contributed by atoms with E-state index in [2.05, 4.69) is 37.3 Å². The minimum Gasteiger partial charge on any atom is -0.355 e. The Morgan fingerprint density at radius 3 is 2.43 bits per heavy atom. The summed E-state index contributed by atoms with van der Waals surface area (Å²) in [6, 6.07) is 26.9. The molecule has 2 saturated heterocycles. The number of anilines is 2. The number of imidazole rings is 1. The first-order valence-corrected chi connectivity index (χ1v) is 18.8. The number of hydrogen-bond acceptors (Lipinski definition) is 6. The molecule has 0 saturated carbocycles. The SMILES string of the molecule is CC(c1ccc(Cl)cc1)n1cnc(-c2ccccc2)c1-c1c(C(=O)Nc2cccnc2N2CCC(NC(=O)[C@@H]3CCCN3)CC2)[nH]c2cc(Cl)ccc12. The molecule has 4 N–H and O–H groups in total. The molecule has 10 nitrogen and oxygen atoms in total. The number of rotatable bonds is 9. The fourth-order valence-electron chi connectivity index (χ4n) is 7.57. The maximum Gasteiger partial charge on any atom is 0.272 e. The minimum atomic E-state index is -0.321. The van der Waals surface area contributed by atoms with Gasteiger partial charge in [-0.3, -0.25) is 9.59 Å². The number of benzene rings is 3. The zero-order valence-corrected chi connectivity index (χ0v) is 30.8. The molecule has 12 heteroatoms. The lowest BCUT2D eigenvalue weighted by Gasteiger charge is -2.34. The van der Waals surface area contributed by atoms with Crippen LogP contribution < -0.4 is 20.9 Å². The number of carbonyl (C=O) groups excluding carboxylic acids is 2. The molecule has 2 aliphatic heterocycles. The van der Waals surface area contributed by atoms with Crippen LogP contribution in [0.2, 0.25) is 10.0 Å². The molecule has 2 aliphatic rings. The van der Waals surface area contributed by atoms with Crippen LogP contribution in [-0.2, 0) is 4.79 Å². The molecule has 5 heterocycles. The largest absolute Gasteiger partial charge is 0.355 e. The lowest BCUT2D eigenvalue weighted by molar-refractivity contribution is -0.123. The Balaban J connectivity index is 1.14. The number of piperidine rings is 1.